The summed E-state index contributed by atoms with van der Waals surface area (Å²) < 4.78 is 0. The smallest absolute Gasteiger partial charge is 0.177 e. The molecule has 0 atom stereocenters. The lowest BCUT2D eigenvalue weighted by atomic mass is 10.1. The summed E-state index contributed by atoms with van der Waals surface area (Å²) >= 11 is 3.09. The molecule has 3 N–H and O–H groups in total. The number of hydrogen-bond acceptors (Lipinski definition) is 5. The first-order valence-electron chi connectivity index (χ1n) is 6.62. The molecule has 5 heteroatoms. The molecule has 108 valence electrons. The van der Waals surface area contributed by atoms with E-state index in [0.29, 0.717) is 16.5 Å². The Morgan fingerprint density at radius 2 is 2.00 bits per heavy atom. The number of rotatable bonds is 7. The lowest BCUT2D eigenvalue weighted by molar-refractivity contribution is 0.0944. The van der Waals surface area contributed by atoms with Gasteiger partial charge in [0.05, 0.1) is 15.5 Å². The normalized spacial score (nSPS) is 11.3. The van der Waals surface area contributed by atoms with E-state index in [4.69, 9.17) is 5.73 Å². The summed E-state index contributed by atoms with van der Waals surface area (Å²) in [6.07, 6.45) is 3.11. The van der Waals surface area contributed by atoms with Crippen LogP contribution < -0.4 is 11.1 Å². The number of anilines is 2. The predicted molar refractivity (Wildman–Crippen MR) is 87.6 cm³/mol. The van der Waals surface area contributed by atoms with Crippen molar-refractivity contribution in [2.75, 3.05) is 23.9 Å². The van der Waals surface area contributed by atoms with Crippen LogP contribution in [0.4, 0.5) is 10.7 Å². The van der Waals surface area contributed by atoms with Crippen molar-refractivity contribution < 1.29 is 4.79 Å². The van der Waals surface area contributed by atoms with Crippen molar-refractivity contribution in [1.82, 2.24) is 0 Å². The third kappa shape index (κ3) is 4.14. The van der Waals surface area contributed by atoms with E-state index in [0.717, 1.165) is 22.9 Å². The zero-order valence-corrected chi connectivity index (χ0v) is 14.0. The Kier molecular flexibility index (Phi) is 6.20. The first kappa shape index (κ1) is 16.4. The van der Waals surface area contributed by atoms with Gasteiger partial charge in [0.25, 0.3) is 0 Å². The highest BCUT2D eigenvalue weighted by molar-refractivity contribution is 7.99. The lowest BCUT2D eigenvalue weighted by Gasteiger charge is -2.07. The van der Waals surface area contributed by atoms with Crippen LogP contribution in [0.2, 0.25) is 0 Å². The fourth-order valence-electron chi connectivity index (χ4n) is 1.67. The van der Waals surface area contributed by atoms with Gasteiger partial charge >= 0.3 is 0 Å². The van der Waals surface area contributed by atoms with Crippen molar-refractivity contribution in [3.05, 3.63) is 4.88 Å². The Morgan fingerprint density at radius 1 is 1.37 bits per heavy atom. The minimum absolute atomic E-state index is 0.0147. The standard InChI is InChI=1S/C14H24N2OS2/c1-8(2)6-7-16-14-13(18-5)10(15)12(19-14)11(17)9(3)4/h8-9,16H,6-7,15H2,1-5H3. The third-order valence-corrected chi connectivity index (χ3v) is 5.00. The Hall–Kier alpha value is -0.680. The van der Waals surface area contributed by atoms with Crippen LogP contribution in [0.5, 0.6) is 0 Å². The molecule has 0 aliphatic heterocycles. The molecule has 1 aromatic rings. The van der Waals surface area contributed by atoms with Crippen molar-refractivity contribution in [3.8, 4) is 0 Å². The fraction of sp³-hybridized carbons (Fsp3) is 0.643. The molecule has 0 bridgehead atoms. The number of Topliss-reactive ketones (excluding diaryl/α,β-unsaturated/α-hetero) is 1. The summed E-state index contributed by atoms with van der Waals surface area (Å²) in [5.74, 6) is 0.785. The molecule has 0 saturated heterocycles. The number of ketones is 1. The summed E-state index contributed by atoms with van der Waals surface area (Å²) in [5.41, 5.74) is 6.76. The monoisotopic (exact) mass is 300 g/mol. The molecular weight excluding hydrogens is 276 g/mol. The van der Waals surface area contributed by atoms with Crippen molar-refractivity contribution in [3.63, 3.8) is 0 Å². The van der Waals surface area contributed by atoms with Crippen molar-refractivity contribution in [1.29, 1.82) is 0 Å². The van der Waals surface area contributed by atoms with E-state index in [1.54, 1.807) is 11.8 Å². The van der Waals surface area contributed by atoms with E-state index in [9.17, 15) is 4.79 Å². The minimum atomic E-state index is -0.0147. The fourth-order valence-corrected chi connectivity index (χ4v) is 3.82. The van der Waals surface area contributed by atoms with Crippen molar-refractivity contribution in [2.45, 2.75) is 39.0 Å². The average Bonchev–Trinajstić information content (AvgIpc) is 2.64. The minimum Gasteiger partial charge on any atom is -0.396 e. The van der Waals surface area contributed by atoms with Gasteiger partial charge in [-0.2, -0.15) is 0 Å². The molecule has 1 heterocycles. The molecule has 1 aromatic heterocycles. The highest BCUT2D eigenvalue weighted by atomic mass is 32.2. The number of nitrogens with one attached hydrogen (secondary N) is 1. The van der Waals surface area contributed by atoms with Gasteiger partial charge in [-0.25, -0.2) is 0 Å². The van der Waals surface area contributed by atoms with Gasteiger partial charge in [-0.3, -0.25) is 4.79 Å². The second-order valence-electron chi connectivity index (χ2n) is 5.34. The van der Waals surface area contributed by atoms with Crippen LogP contribution in [-0.2, 0) is 0 Å². The summed E-state index contributed by atoms with van der Waals surface area (Å²) in [4.78, 5) is 13.8. The molecular formula is C14H24N2OS2. The van der Waals surface area contributed by atoms with Crippen LogP contribution in [0.15, 0.2) is 4.90 Å². The van der Waals surface area contributed by atoms with Gasteiger partial charge in [0, 0.05) is 12.5 Å². The van der Waals surface area contributed by atoms with Crippen LogP contribution >= 0.6 is 23.1 Å². The molecule has 1 rings (SSSR count). The maximum absolute atomic E-state index is 12.1. The maximum atomic E-state index is 12.1. The molecule has 0 aliphatic carbocycles. The first-order chi connectivity index (χ1) is 8.88. The quantitative estimate of drug-likeness (QED) is 0.580. The third-order valence-electron chi connectivity index (χ3n) is 2.86. The number of thiophene rings is 1. The van der Waals surface area contributed by atoms with E-state index < -0.39 is 0 Å². The SMILES string of the molecule is CSc1c(NCCC(C)C)sc(C(=O)C(C)C)c1N. The molecule has 0 aromatic carbocycles. The van der Waals surface area contributed by atoms with Gasteiger partial charge in [0.2, 0.25) is 0 Å². The van der Waals surface area contributed by atoms with Gasteiger partial charge in [-0.15, -0.1) is 23.1 Å². The van der Waals surface area contributed by atoms with E-state index in [1.165, 1.54) is 11.3 Å². The van der Waals surface area contributed by atoms with Crippen LogP contribution in [0.25, 0.3) is 0 Å². The van der Waals surface area contributed by atoms with Gasteiger partial charge in [0.15, 0.2) is 5.78 Å². The largest absolute Gasteiger partial charge is 0.396 e. The number of nitrogen functional groups attached to an aromatic ring is 1. The van der Waals surface area contributed by atoms with Gasteiger partial charge in [-0.1, -0.05) is 27.7 Å². The summed E-state index contributed by atoms with van der Waals surface area (Å²) in [5, 5.41) is 4.45. The molecule has 0 saturated carbocycles. The summed E-state index contributed by atoms with van der Waals surface area (Å²) in [6, 6.07) is 0. The Morgan fingerprint density at radius 3 is 2.47 bits per heavy atom. The number of carbonyl (C=O) groups excluding carboxylic acids is 1. The Balaban J connectivity index is 2.92. The average molecular weight is 300 g/mol. The molecule has 0 aliphatic rings. The molecule has 0 radical (unpaired) electrons. The van der Waals surface area contributed by atoms with Crippen LogP contribution in [-0.4, -0.2) is 18.6 Å². The lowest BCUT2D eigenvalue weighted by Crippen LogP contribution is -2.07. The van der Waals surface area contributed by atoms with Crippen molar-refractivity contribution >= 4 is 39.6 Å². The molecule has 19 heavy (non-hydrogen) atoms. The Labute approximate surface area is 124 Å². The van der Waals surface area contributed by atoms with Crippen LogP contribution in [0.1, 0.15) is 43.8 Å². The van der Waals surface area contributed by atoms with E-state index in [2.05, 4.69) is 19.2 Å². The summed E-state index contributed by atoms with van der Waals surface area (Å²) in [7, 11) is 0. The van der Waals surface area contributed by atoms with Crippen LogP contribution in [0, 0.1) is 11.8 Å². The molecule has 3 nitrogen and oxygen atoms in total. The topological polar surface area (TPSA) is 55.1 Å². The second kappa shape index (κ2) is 7.20. The predicted octanol–water partition coefficient (Wildman–Crippen LogP) is 4.35. The highest BCUT2D eigenvalue weighted by Crippen LogP contribution is 2.42. The number of hydrogen-bond donors (Lipinski definition) is 2. The molecule has 0 spiro atoms. The number of carbonyl (C=O) groups is 1. The van der Waals surface area contributed by atoms with Crippen LogP contribution in [0.3, 0.4) is 0 Å². The maximum Gasteiger partial charge on any atom is 0.177 e. The zero-order valence-electron chi connectivity index (χ0n) is 12.4. The zero-order chi connectivity index (χ0) is 14.6. The number of nitrogens with two attached hydrogens (primary N) is 1. The first-order valence-corrected chi connectivity index (χ1v) is 8.66. The summed E-state index contributed by atoms with van der Waals surface area (Å²) in [6.45, 7) is 9.14. The second-order valence-corrected chi connectivity index (χ2v) is 7.17. The van der Waals surface area contributed by atoms with Crippen molar-refractivity contribution in [2.24, 2.45) is 11.8 Å². The van der Waals surface area contributed by atoms with E-state index in [-0.39, 0.29) is 11.7 Å². The van der Waals surface area contributed by atoms with Gasteiger partial charge in [-0.05, 0) is 18.6 Å². The highest BCUT2D eigenvalue weighted by Gasteiger charge is 2.22. The Bertz CT molecular complexity index is 439. The van der Waals surface area contributed by atoms with E-state index >= 15 is 0 Å². The van der Waals surface area contributed by atoms with E-state index in [1.807, 2.05) is 20.1 Å². The van der Waals surface area contributed by atoms with Gasteiger partial charge < -0.3 is 11.1 Å². The molecule has 0 amide bonds. The van der Waals surface area contributed by atoms with Gasteiger partial charge in [0.1, 0.15) is 5.00 Å². The number of thioether (sulfide) groups is 1. The molecule has 0 fully saturated rings. The molecule has 0 unspecified atom stereocenters.